The average Bonchev–Trinajstić information content (AvgIpc) is 2.40. The normalized spacial score (nSPS) is 18.4. The Hall–Kier alpha value is -0.953. The smallest absolute Gasteiger partial charge is 0.411 e. The monoisotopic (exact) mass is 363 g/mol. The zero-order chi connectivity index (χ0) is 18.4. The van der Waals surface area contributed by atoms with Crippen molar-refractivity contribution in [2.24, 2.45) is 0 Å². The molecule has 7 heteroatoms. The highest BCUT2D eigenvalue weighted by molar-refractivity contribution is 6.74. The van der Waals surface area contributed by atoms with Crippen LogP contribution in [-0.2, 0) is 22.9 Å². The Morgan fingerprint density at radius 1 is 1.21 bits per heavy atom. The van der Waals surface area contributed by atoms with Gasteiger partial charge in [0.15, 0.2) is 8.32 Å². The third-order valence-corrected chi connectivity index (χ3v) is 9.76. The number of alkyl halides is 4. The zero-order valence-electron chi connectivity index (χ0n) is 14.9. The standard InChI is InChI=1S/C17H25F4NOSi/c1-15(2,3)24(4,5)23-11-12-9-13(17(19,20)21)14(10-22-12)16(18)7-6-8-16/h9-10H,6-8,11H2,1-5H3. The van der Waals surface area contributed by atoms with E-state index in [1.165, 1.54) is 0 Å². The topological polar surface area (TPSA) is 22.1 Å². The van der Waals surface area contributed by atoms with E-state index in [-0.39, 0.29) is 35.7 Å². The minimum atomic E-state index is -4.60. The van der Waals surface area contributed by atoms with Crippen molar-refractivity contribution in [3.63, 3.8) is 0 Å². The highest BCUT2D eigenvalue weighted by Crippen LogP contribution is 2.49. The van der Waals surface area contributed by atoms with Crippen LogP contribution < -0.4 is 0 Å². The minimum absolute atomic E-state index is 0.0130. The van der Waals surface area contributed by atoms with Gasteiger partial charge >= 0.3 is 6.18 Å². The van der Waals surface area contributed by atoms with Crippen molar-refractivity contribution < 1.29 is 22.0 Å². The number of pyridine rings is 1. The number of aromatic nitrogens is 1. The van der Waals surface area contributed by atoms with Crippen LogP contribution in [0, 0.1) is 0 Å². The van der Waals surface area contributed by atoms with E-state index in [1.54, 1.807) is 0 Å². The largest absolute Gasteiger partial charge is 0.416 e. The predicted molar refractivity (Wildman–Crippen MR) is 87.9 cm³/mol. The molecule has 1 heterocycles. The molecule has 2 rings (SSSR count). The van der Waals surface area contributed by atoms with Crippen LogP contribution in [0.3, 0.4) is 0 Å². The van der Waals surface area contributed by atoms with Crippen molar-refractivity contribution in [2.75, 3.05) is 0 Å². The second-order valence-electron chi connectivity index (χ2n) is 8.09. The van der Waals surface area contributed by atoms with E-state index in [4.69, 9.17) is 4.43 Å². The first-order valence-corrected chi connectivity index (χ1v) is 11.1. The number of nitrogens with zero attached hydrogens (tertiary/aromatic N) is 1. The molecule has 1 aromatic heterocycles. The predicted octanol–water partition coefficient (Wildman–Crippen LogP) is 5.97. The fourth-order valence-electron chi connectivity index (χ4n) is 2.40. The molecular weight excluding hydrogens is 338 g/mol. The van der Waals surface area contributed by atoms with Gasteiger partial charge in [0, 0.05) is 11.8 Å². The highest BCUT2D eigenvalue weighted by atomic mass is 28.4. The van der Waals surface area contributed by atoms with Crippen molar-refractivity contribution >= 4 is 8.32 Å². The Morgan fingerprint density at radius 2 is 1.79 bits per heavy atom. The Morgan fingerprint density at radius 3 is 2.21 bits per heavy atom. The Balaban J connectivity index is 2.28. The van der Waals surface area contributed by atoms with Gasteiger partial charge in [0.1, 0.15) is 5.67 Å². The summed E-state index contributed by atoms with van der Waals surface area (Å²) in [6.07, 6.45) is -2.70. The minimum Gasteiger partial charge on any atom is -0.411 e. The molecule has 0 atom stereocenters. The van der Waals surface area contributed by atoms with Crippen LogP contribution in [0.5, 0.6) is 0 Å². The molecule has 0 amide bonds. The Bertz CT molecular complexity index is 604. The molecule has 1 fully saturated rings. The summed E-state index contributed by atoms with van der Waals surface area (Å²) < 4.78 is 60.5. The molecule has 2 nitrogen and oxygen atoms in total. The molecule has 1 aliphatic rings. The molecule has 0 aromatic carbocycles. The molecule has 1 saturated carbocycles. The molecule has 0 N–H and O–H groups in total. The molecule has 0 unspecified atom stereocenters. The maximum Gasteiger partial charge on any atom is 0.416 e. The maximum absolute atomic E-state index is 14.5. The summed E-state index contributed by atoms with van der Waals surface area (Å²) in [6, 6.07) is 0.947. The lowest BCUT2D eigenvalue weighted by Crippen LogP contribution is -2.40. The zero-order valence-corrected chi connectivity index (χ0v) is 15.9. The quantitative estimate of drug-likeness (QED) is 0.485. The lowest BCUT2D eigenvalue weighted by Gasteiger charge is -2.37. The van der Waals surface area contributed by atoms with Gasteiger partial charge in [0.25, 0.3) is 0 Å². The molecule has 0 bridgehead atoms. The fourth-order valence-corrected chi connectivity index (χ4v) is 3.34. The van der Waals surface area contributed by atoms with Gasteiger partial charge in [-0.2, -0.15) is 13.2 Å². The van der Waals surface area contributed by atoms with Crippen LogP contribution in [0.1, 0.15) is 56.9 Å². The lowest BCUT2D eigenvalue weighted by molar-refractivity contribution is -0.140. The van der Waals surface area contributed by atoms with Gasteiger partial charge in [0.2, 0.25) is 0 Å². The van der Waals surface area contributed by atoms with Crippen molar-refractivity contribution in [1.82, 2.24) is 4.98 Å². The van der Waals surface area contributed by atoms with E-state index in [9.17, 15) is 17.6 Å². The summed E-state index contributed by atoms with van der Waals surface area (Å²) in [5.41, 5.74) is -2.96. The molecule has 0 radical (unpaired) electrons. The van der Waals surface area contributed by atoms with Crippen molar-refractivity contribution in [3.05, 3.63) is 29.1 Å². The van der Waals surface area contributed by atoms with Crippen LogP contribution in [0.15, 0.2) is 12.3 Å². The van der Waals surface area contributed by atoms with E-state index in [1.807, 2.05) is 13.1 Å². The van der Waals surface area contributed by atoms with Gasteiger partial charge in [-0.3, -0.25) is 4.98 Å². The number of halogens is 4. The Kier molecular flexibility index (Phi) is 4.92. The van der Waals surface area contributed by atoms with E-state index in [0.717, 1.165) is 12.3 Å². The van der Waals surface area contributed by atoms with Crippen molar-refractivity contribution in [3.8, 4) is 0 Å². The summed E-state index contributed by atoms with van der Waals surface area (Å²) >= 11 is 0. The summed E-state index contributed by atoms with van der Waals surface area (Å²) in [6.45, 7) is 10.2. The average molecular weight is 363 g/mol. The highest BCUT2D eigenvalue weighted by Gasteiger charge is 2.46. The van der Waals surface area contributed by atoms with E-state index in [2.05, 4.69) is 25.8 Å². The van der Waals surface area contributed by atoms with E-state index in [0.29, 0.717) is 6.42 Å². The van der Waals surface area contributed by atoms with Gasteiger partial charge in [-0.05, 0) is 43.5 Å². The number of hydrogen-bond acceptors (Lipinski definition) is 2. The summed E-state index contributed by atoms with van der Waals surface area (Å²) in [4.78, 5) is 4.04. The van der Waals surface area contributed by atoms with Crippen molar-refractivity contribution in [1.29, 1.82) is 0 Å². The van der Waals surface area contributed by atoms with Gasteiger partial charge < -0.3 is 4.43 Å². The first kappa shape index (κ1) is 19.4. The first-order chi connectivity index (χ1) is 10.8. The van der Waals surface area contributed by atoms with Crippen LogP contribution in [-0.4, -0.2) is 13.3 Å². The SMILES string of the molecule is CC(C)(C)[Si](C)(C)OCc1cc(C(F)(F)F)c(C2(F)CCC2)cn1. The van der Waals surface area contributed by atoms with Crippen molar-refractivity contribution in [2.45, 2.75) is 76.6 Å². The third-order valence-electron chi connectivity index (χ3n) is 5.28. The lowest BCUT2D eigenvalue weighted by atomic mass is 9.75. The van der Waals surface area contributed by atoms with Gasteiger partial charge in [-0.25, -0.2) is 4.39 Å². The molecule has 24 heavy (non-hydrogen) atoms. The molecule has 136 valence electrons. The maximum atomic E-state index is 14.5. The third kappa shape index (κ3) is 3.82. The van der Waals surface area contributed by atoms with Crippen LogP contribution in [0.4, 0.5) is 17.6 Å². The van der Waals surface area contributed by atoms with Crippen LogP contribution in [0.2, 0.25) is 18.1 Å². The van der Waals surface area contributed by atoms with E-state index >= 15 is 0 Å². The molecule has 1 aliphatic carbocycles. The second-order valence-corrected chi connectivity index (χ2v) is 12.9. The molecule has 0 aliphatic heterocycles. The first-order valence-electron chi connectivity index (χ1n) is 8.16. The van der Waals surface area contributed by atoms with Crippen LogP contribution in [0.25, 0.3) is 0 Å². The van der Waals surface area contributed by atoms with Gasteiger partial charge in [-0.1, -0.05) is 20.8 Å². The molecule has 0 spiro atoms. The van der Waals surface area contributed by atoms with Crippen LogP contribution >= 0.6 is 0 Å². The number of rotatable bonds is 4. The molecule has 0 saturated heterocycles. The number of hydrogen-bond donors (Lipinski definition) is 0. The van der Waals surface area contributed by atoms with Gasteiger partial charge in [-0.15, -0.1) is 0 Å². The molecule has 1 aromatic rings. The van der Waals surface area contributed by atoms with E-state index < -0.39 is 25.7 Å². The second kappa shape index (κ2) is 6.09. The molecular formula is C17H25F4NOSi. The summed E-state index contributed by atoms with van der Waals surface area (Å²) in [7, 11) is -2.09. The summed E-state index contributed by atoms with van der Waals surface area (Å²) in [5.74, 6) is 0. The van der Waals surface area contributed by atoms with Gasteiger partial charge in [0.05, 0.1) is 17.9 Å². The summed E-state index contributed by atoms with van der Waals surface area (Å²) in [5, 5.41) is -0.0469. The Labute approximate surface area is 141 Å². The fraction of sp³-hybridized carbons (Fsp3) is 0.706.